The summed E-state index contributed by atoms with van der Waals surface area (Å²) in [7, 11) is 0. The van der Waals surface area contributed by atoms with E-state index in [1.807, 2.05) is 43.7 Å². The maximum Gasteiger partial charge on any atom is 0.348 e. The van der Waals surface area contributed by atoms with Gasteiger partial charge in [0.05, 0.1) is 0 Å². The zero-order chi connectivity index (χ0) is 16.3. The Morgan fingerprint density at radius 1 is 1.36 bits per heavy atom. The van der Waals surface area contributed by atoms with Gasteiger partial charge in [0.2, 0.25) is 0 Å². The molecule has 2 aromatic rings. The van der Waals surface area contributed by atoms with Gasteiger partial charge in [0.15, 0.2) is 0 Å². The van der Waals surface area contributed by atoms with E-state index in [2.05, 4.69) is 10.3 Å². The van der Waals surface area contributed by atoms with Crippen molar-refractivity contribution in [2.45, 2.75) is 40.3 Å². The van der Waals surface area contributed by atoms with Gasteiger partial charge in [0.1, 0.15) is 5.69 Å². The first-order chi connectivity index (χ1) is 10.4. The maximum atomic E-state index is 12.2. The molecule has 1 N–H and O–H groups in total. The monoisotopic (exact) mass is 302 g/mol. The van der Waals surface area contributed by atoms with Crippen LogP contribution in [0.5, 0.6) is 0 Å². The number of rotatable bonds is 5. The van der Waals surface area contributed by atoms with Crippen LogP contribution in [0.2, 0.25) is 0 Å². The highest BCUT2D eigenvalue weighted by Crippen LogP contribution is 2.10. The highest BCUT2D eigenvalue weighted by atomic mass is 16.2. The number of carbonyl (C=O) groups excluding carboxylic acids is 1. The number of amides is 1. The molecule has 2 aromatic heterocycles. The molecule has 2 rings (SSSR count). The molecular formula is C16H22N4O2. The van der Waals surface area contributed by atoms with Crippen LogP contribution in [-0.2, 0) is 6.54 Å². The quantitative estimate of drug-likeness (QED) is 0.913. The Bertz CT molecular complexity index is 728. The number of hydrogen-bond acceptors (Lipinski definition) is 3. The van der Waals surface area contributed by atoms with Gasteiger partial charge in [-0.2, -0.15) is 4.98 Å². The van der Waals surface area contributed by atoms with Crippen molar-refractivity contribution in [2.24, 2.45) is 0 Å². The van der Waals surface area contributed by atoms with Gasteiger partial charge in [0.25, 0.3) is 5.91 Å². The van der Waals surface area contributed by atoms with Crippen molar-refractivity contribution in [2.75, 3.05) is 6.54 Å². The first-order valence-electron chi connectivity index (χ1n) is 7.40. The molecule has 22 heavy (non-hydrogen) atoms. The van der Waals surface area contributed by atoms with Crippen LogP contribution in [0.15, 0.2) is 29.2 Å². The van der Waals surface area contributed by atoms with Crippen LogP contribution in [0, 0.1) is 13.8 Å². The zero-order valence-corrected chi connectivity index (χ0v) is 13.5. The molecule has 1 amide bonds. The molecule has 0 bridgehead atoms. The summed E-state index contributed by atoms with van der Waals surface area (Å²) in [5.41, 5.74) is 1.90. The normalized spacial score (nSPS) is 11.0. The minimum absolute atomic E-state index is 0.135. The fourth-order valence-electron chi connectivity index (χ4n) is 2.45. The van der Waals surface area contributed by atoms with Crippen LogP contribution in [0.25, 0.3) is 0 Å². The Hall–Kier alpha value is -2.37. The number of aromatic nitrogens is 3. The van der Waals surface area contributed by atoms with Crippen LogP contribution in [0.3, 0.4) is 0 Å². The van der Waals surface area contributed by atoms with Crippen LogP contribution in [-0.4, -0.2) is 26.6 Å². The van der Waals surface area contributed by atoms with E-state index in [0.717, 1.165) is 5.69 Å². The van der Waals surface area contributed by atoms with E-state index >= 15 is 0 Å². The molecule has 6 heteroatoms. The first-order valence-corrected chi connectivity index (χ1v) is 7.40. The van der Waals surface area contributed by atoms with E-state index < -0.39 is 0 Å². The molecule has 0 aliphatic rings. The first kappa shape index (κ1) is 16.0. The van der Waals surface area contributed by atoms with Gasteiger partial charge in [0, 0.05) is 36.7 Å². The highest BCUT2D eigenvalue weighted by Gasteiger charge is 2.12. The van der Waals surface area contributed by atoms with Gasteiger partial charge in [-0.05, 0) is 45.9 Å². The van der Waals surface area contributed by atoms with Crippen molar-refractivity contribution < 1.29 is 4.79 Å². The third-order valence-corrected chi connectivity index (χ3v) is 3.54. The molecule has 0 aromatic carbocycles. The summed E-state index contributed by atoms with van der Waals surface area (Å²) >= 11 is 0. The van der Waals surface area contributed by atoms with Gasteiger partial charge < -0.3 is 9.88 Å². The molecule has 0 unspecified atom stereocenters. The molecule has 0 aliphatic carbocycles. The molecule has 2 heterocycles. The molecule has 6 nitrogen and oxygen atoms in total. The Kier molecular flexibility index (Phi) is 4.80. The summed E-state index contributed by atoms with van der Waals surface area (Å²) in [6.07, 6.45) is 1.89. The summed E-state index contributed by atoms with van der Waals surface area (Å²) in [6, 6.07) is 5.72. The highest BCUT2D eigenvalue weighted by molar-refractivity contribution is 5.92. The van der Waals surface area contributed by atoms with Crippen LogP contribution in [0.1, 0.15) is 41.8 Å². The third kappa shape index (κ3) is 3.44. The van der Waals surface area contributed by atoms with Crippen molar-refractivity contribution >= 4 is 5.91 Å². The second kappa shape index (κ2) is 6.60. The molecular weight excluding hydrogens is 280 g/mol. The zero-order valence-electron chi connectivity index (χ0n) is 13.5. The Morgan fingerprint density at radius 3 is 2.73 bits per heavy atom. The summed E-state index contributed by atoms with van der Waals surface area (Å²) in [5, 5.41) is 2.85. The van der Waals surface area contributed by atoms with E-state index in [4.69, 9.17) is 0 Å². The van der Waals surface area contributed by atoms with E-state index in [1.165, 1.54) is 0 Å². The minimum Gasteiger partial charge on any atom is -0.349 e. The lowest BCUT2D eigenvalue weighted by Crippen LogP contribution is -2.33. The van der Waals surface area contributed by atoms with Crippen molar-refractivity contribution in [1.82, 2.24) is 19.4 Å². The van der Waals surface area contributed by atoms with E-state index in [1.54, 1.807) is 17.6 Å². The lowest BCUT2D eigenvalue weighted by atomic mass is 10.3. The van der Waals surface area contributed by atoms with Crippen molar-refractivity contribution in [3.63, 3.8) is 0 Å². The summed E-state index contributed by atoms with van der Waals surface area (Å²) in [4.78, 5) is 28.0. The predicted molar refractivity (Wildman–Crippen MR) is 85.1 cm³/mol. The molecule has 0 radical (unpaired) electrons. The fourth-order valence-corrected chi connectivity index (χ4v) is 2.45. The van der Waals surface area contributed by atoms with Gasteiger partial charge >= 0.3 is 5.69 Å². The van der Waals surface area contributed by atoms with Crippen molar-refractivity contribution in [3.05, 3.63) is 52.0 Å². The summed E-state index contributed by atoms with van der Waals surface area (Å²) in [6.45, 7) is 8.50. The number of nitrogens with zero attached hydrogens (tertiary/aromatic N) is 3. The Labute approximate surface area is 129 Å². The summed E-state index contributed by atoms with van der Waals surface area (Å²) < 4.78 is 3.48. The smallest absolute Gasteiger partial charge is 0.348 e. The molecule has 118 valence electrons. The van der Waals surface area contributed by atoms with Crippen LogP contribution >= 0.6 is 0 Å². The fraction of sp³-hybridized carbons (Fsp3) is 0.438. The largest absolute Gasteiger partial charge is 0.349 e. The van der Waals surface area contributed by atoms with Gasteiger partial charge in [-0.3, -0.25) is 9.36 Å². The van der Waals surface area contributed by atoms with Crippen molar-refractivity contribution in [3.8, 4) is 0 Å². The SMILES string of the molecule is Cc1cc(C)n(CCNC(=O)c2cccn2C(C)C)c(=O)n1. The lowest BCUT2D eigenvalue weighted by molar-refractivity contribution is 0.0941. The Balaban J connectivity index is 2.01. The topological polar surface area (TPSA) is 68.9 Å². The van der Waals surface area contributed by atoms with Gasteiger partial charge in [-0.1, -0.05) is 0 Å². The average molecular weight is 302 g/mol. The van der Waals surface area contributed by atoms with E-state index in [0.29, 0.717) is 24.5 Å². The molecule has 0 spiro atoms. The van der Waals surface area contributed by atoms with Gasteiger partial charge in [-0.15, -0.1) is 0 Å². The van der Waals surface area contributed by atoms with E-state index in [9.17, 15) is 9.59 Å². The second-order valence-corrected chi connectivity index (χ2v) is 5.62. The maximum absolute atomic E-state index is 12.2. The molecule has 0 fully saturated rings. The predicted octanol–water partition coefficient (Wildman–Crippen LogP) is 1.67. The third-order valence-electron chi connectivity index (χ3n) is 3.54. The average Bonchev–Trinajstić information content (AvgIpc) is 2.91. The van der Waals surface area contributed by atoms with E-state index in [-0.39, 0.29) is 17.6 Å². The molecule has 0 aliphatic heterocycles. The molecule has 0 saturated heterocycles. The van der Waals surface area contributed by atoms with Gasteiger partial charge in [-0.25, -0.2) is 4.79 Å². The van der Waals surface area contributed by atoms with Crippen LogP contribution in [0.4, 0.5) is 0 Å². The second-order valence-electron chi connectivity index (χ2n) is 5.62. The number of carbonyl (C=O) groups is 1. The lowest BCUT2D eigenvalue weighted by Gasteiger charge is -2.14. The number of nitrogens with one attached hydrogen (secondary N) is 1. The summed E-state index contributed by atoms with van der Waals surface area (Å²) in [5.74, 6) is -0.135. The Morgan fingerprint density at radius 2 is 2.09 bits per heavy atom. The van der Waals surface area contributed by atoms with Crippen LogP contribution < -0.4 is 11.0 Å². The molecule has 0 atom stereocenters. The number of hydrogen-bond donors (Lipinski definition) is 1. The van der Waals surface area contributed by atoms with Crippen molar-refractivity contribution in [1.29, 1.82) is 0 Å². The number of aryl methyl sites for hydroxylation is 2. The standard InChI is InChI=1S/C16H22N4O2/c1-11(2)19-8-5-6-14(19)15(21)17-7-9-20-13(4)10-12(3)18-16(20)22/h5-6,8,10-11H,7,9H2,1-4H3,(H,17,21). The molecule has 0 saturated carbocycles. The minimum atomic E-state index is -0.280.